The number of rotatable bonds is 6. The maximum atomic E-state index is 5.00. The summed E-state index contributed by atoms with van der Waals surface area (Å²) < 4.78 is 5.00. The van der Waals surface area contributed by atoms with Gasteiger partial charge >= 0.3 is 0 Å². The molecule has 0 saturated carbocycles. The Morgan fingerprint density at radius 1 is 1.37 bits per heavy atom. The van der Waals surface area contributed by atoms with Crippen molar-refractivity contribution in [2.24, 2.45) is 11.8 Å². The van der Waals surface area contributed by atoms with Crippen LogP contribution in [0.1, 0.15) is 38.4 Å². The molecule has 0 aromatic carbocycles. The molecular formula is C14H26N4O. The number of aromatic nitrogens is 2. The molecule has 0 unspecified atom stereocenters. The lowest BCUT2D eigenvalue weighted by Gasteiger charge is -2.31. The molecule has 1 N–H and O–H groups in total. The van der Waals surface area contributed by atoms with Crippen LogP contribution in [0.2, 0.25) is 0 Å². The Kier molecular flexibility index (Phi) is 5.34. The third kappa shape index (κ3) is 4.91. The lowest BCUT2D eigenvalue weighted by molar-refractivity contribution is 0.170. The van der Waals surface area contributed by atoms with Crippen molar-refractivity contribution in [2.45, 2.75) is 40.2 Å². The van der Waals surface area contributed by atoms with Crippen molar-refractivity contribution in [3.8, 4) is 0 Å². The maximum absolute atomic E-state index is 5.00. The summed E-state index contributed by atoms with van der Waals surface area (Å²) in [7, 11) is 0. The number of likely N-dealkylation sites (tertiary alicyclic amines) is 1. The number of nitrogens with one attached hydrogen (secondary N) is 1. The molecule has 0 radical (unpaired) electrons. The summed E-state index contributed by atoms with van der Waals surface area (Å²) in [5.41, 5.74) is 0. The predicted molar refractivity (Wildman–Crippen MR) is 74.7 cm³/mol. The van der Waals surface area contributed by atoms with E-state index >= 15 is 0 Å². The smallest absolute Gasteiger partial charge is 0.223 e. The molecule has 1 saturated heterocycles. The Hall–Kier alpha value is -0.940. The molecule has 1 aliphatic heterocycles. The van der Waals surface area contributed by atoms with Gasteiger partial charge in [0.2, 0.25) is 5.89 Å². The van der Waals surface area contributed by atoms with Gasteiger partial charge in [0.1, 0.15) is 0 Å². The van der Waals surface area contributed by atoms with Crippen LogP contribution in [0.25, 0.3) is 0 Å². The Labute approximate surface area is 115 Å². The molecule has 5 heteroatoms. The van der Waals surface area contributed by atoms with Gasteiger partial charge in [0, 0.05) is 6.92 Å². The summed E-state index contributed by atoms with van der Waals surface area (Å²) in [6.07, 6.45) is 2.53. The van der Waals surface area contributed by atoms with E-state index in [1.165, 1.54) is 12.8 Å². The Morgan fingerprint density at radius 2 is 2.11 bits per heavy atom. The van der Waals surface area contributed by atoms with Gasteiger partial charge in [-0.1, -0.05) is 19.0 Å². The van der Waals surface area contributed by atoms with Gasteiger partial charge in [-0.15, -0.1) is 0 Å². The van der Waals surface area contributed by atoms with E-state index in [0.717, 1.165) is 50.4 Å². The molecule has 2 heterocycles. The van der Waals surface area contributed by atoms with Crippen LogP contribution >= 0.6 is 0 Å². The first-order valence-corrected chi connectivity index (χ1v) is 7.35. The first-order chi connectivity index (χ1) is 9.13. The molecule has 1 aliphatic rings. The molecule has 0 atom stereocenters. The fourth-order valence-electron chi connectivity index (χ4n) is 2.53. The van der Waals surface area contributed by atoms with Gasteiger partial charge in [0.05, 0.1) is 6.54 Å². The molecule has 2 rings (SSSR count). The van der Waals surface area contributed by atoms with Gasteiger partial charge in [-0.25, -0.2) is 0 Å². The molecule has 1 aromatic rings. The highest BCUT2D eigenvalue weighted by molar-refractivity contribution is 4.85. The van der Waals surface area contributed by atoms with E-state index in [9.17, 15) is 0 Å². The van der Waals surface area contributed by atoms with Crippen molar-refractivity contribution in [2.75, 3.05) is 26.2 Å². The van der Waals surface area contributed by atoms with E-state index in [1.807, 2.05) is 6.92 Å². The zero-order valence-electron chi connectivity index (χ0n) is 12.4. The molecule has 0 aliphatic carbocycles. The normalized spacial score (nSPS) is 18.3. The molecule has 0 bridgehead atoms. The van der Waals surface area contributed by atoms with Crippen LogP contribution in [0.3, 0.4) is 0 Å². The second kappa shape index (κ2) is 7.01. The van der Waals surface area contributed by atoms with Gasteiger partial charge in [-0.3, -0.25) is 4.90 Å². The molecule has 1 fully saturated rings. The topological polar surface area (TPSA) is 54.2 Å². The summed E-state index contributed by atoms with van der Waals surface area (Å²) in [4.78, 5) is 6.68. The summed E-state index contributed by atoms with van der Waals surface area (Å²) in [6, 6.07) is 0. The van der Waals surface area contributed by atoms with Crippen LogP contribution in [0.5, 0.6) is 0 Å². The standard InChI is InChI=1S/C14H26N4O/c1-11(2)8-15-9-13-4-6-18(7-5-13)10-14-16-12(3)19-17-14/h11,13,15H,4-10H2,1-3H3. The third-order valence-corrected chi connectivity index (χ3v) is 3.63. The average Bonchev–Trinajstić information content (AvgIpc) is 2.77. The van der Waals surface area contributed by atoms with E-state index < -0.39 is 0 Å². The Bertz CT molecular complexity index is 369. The average molecular weight is 266 g/mol. The Balaban J connectivity index is 1.65. The van der Waals surface area contributed by atoms with Crippen LogP contribution in [0, 0.1) is 18.8 Å². The minimum atomic E-state index is 0.655. The van der Waals surface area contributed by atoms with E-state index in [0.29, 0.717) is 5.89 Å². The van der Waals surface area contributed by atoms with Crippen LogP contribution in [0.4, 0.5) is 0 Å². The lowest BCUT2D eigenvalue weighted by Crippen LogP contribution is -2.37. The van der Waals surface area contributed by atoms with Crippen molar-refractivity contribution in [3.05, 3.63) is 11.7 Å². The highest BCUT2D eigenvalue weighted by Crippen LogP contribution is 2.17. The van der Waals surface area contributed by atoms with Crippen molar-refractivity contribution in [3.63, 3.8) is 0 Å². The fourth-order valence-corrected chi connectivity index (χ4v) is 2.53. The maximum Gasteiger partial charge on any atom is 0.223 e. The lowest BCUT2D eigenvalue weighted by atomic mass is 9.96. The molecule has 5 nitrogen and oxygen atoms in total. The van der Waals surface area contributed by atoms with E-state index in [4.69, 9.17) is 4.52 Å². The van der Waals surface area contributed by atoms with Gasteiger partial charge in [-0.05, 0) is 50.9 Å². The molecule has 0 amide bonds. The molecular weight excluding hydrogens is 240 g/mol. The quantitative estimate of drug-likeness (QED) is 0.851. The largest absolute Gasteiger partial charge is 0.340 e. The van der Waals surface area contributed by atoms with Crippen molar-refractivity contribution in [1.29, 1.82) is 0 Å². The van der Waals surface area contributed by atoms with Crippen LogP contribution in [-0.2, 0) is 6.54 Å². The Morgan fingerprint density at radius 3 is 2.68 bits per heavy atom. The summed E-state index contributed by atoms with van der Waals surface area (Å²) in [5, 5.41) is 7.52. The zero-order chi connectivity index (χ0) is 13.7. The van der Waals surface area contributed by atoms with Gasteiger partial charge < -0.3 is 9.84 Å². The fraction of sp³-hybridized carbons (Fsp3) is 0.857. The molecule has 1 aromatic heterocycles. The zero-order valence-corrected chi connectivity index (χ0v) is 12.4. The molecule has 19 heavy (non-hydrogen) atoms. The highest BCUT2D eigenvalue weighted by atomic mass is 16.5. The first-order valence-electron chi connectivity index (χ1n) is 7.35. The van der Waals surface area contributed by atoms with Crippen molar-refractivity contribution >= 4 is 0 Å². The van der Waals surface area contributed by atoms with Gasteiger partial charge in [0.15, 0.2) is 5.82 Å². The van der Waals surface area contributed by atoms with Crippen LogP contribution < -0.4 is 5.32 Å². The number of piperidine rings is 1. The first kappa shape index (κ1) is 14.5. The van der Waals surface area contributed by atoms with Crippen LogP contribution in [0.15, 0.2) is 4.52 Å². The summed E-state index contributed by atoms with van der Waals surface area (Å²) >= 11 is 0. The van der Waals surface area contributed by atoms with Crippen LogP contribution in [-0.4, -0.2) is 41.2 Å². The van der Waals surface area contributed by atoms with Crippen molar-refractivity contribution in [1.82, 2.24) is 20.4 Å². The van der Waals surface area contributed by atoms with Crippen molar-refractivity contribution < 1.29 is 4.52 Å². The van der Waals surface area contributed by atoms with Gasteiger partial charge in [0.25, 0.3) is 0 Å². The number of nitrogens with zero attached hydrogens (tertiary/aromatic N) is 3. The predicted octanol–water partition coefficient (Wildman–Crippen LogP) is 1.84. The van der Waals surface area contributed by atoms with E-state index in [1.54, 1.807) is 0 Å². The molecule has 108 valence electrons. The number of hydrogen-bond donors (Lipinski definition) is 1. The summed E-state index contributed by atoms with van der Waals surface area (Å²) in [5.74, 6) is 3.03. The minimum Gasteiger partial charge on any atom is -0.340 e. The number of aryl methyl sites for hydroxylation is 1. The van der Waals surface area contributed by atoms with E-state index in [-0.39, 0.29) is 0 Å². The van der Waals surface area contributed by atoms with Gasteiger partial charge in [-0.2, -0.15) is 4.98 Å². The SMILES string of the molecule is Cc1nc(CN2CCC(CNCC(C)C)CC2)no1. The van der Waals surface area contributed by atoms with E-state index in [2.05, 4.69) is 34.2 Å². The monoisotopic (exact) mass is 266 g/mol. The molecule has 0 spiro atoms. The third-order valence-electron chi connectivity index (χ3n) is 3.63. The summed E-state index contributed by atoms with van der Waals surface area (Å²) in [6.45, 7) is 11.7. The highest BCUT2D eigenvalue weighted by Gasteiger charge is 2.20. The number of hydrogen-bond acceptors (Lipinski definition) is 5. The second-order valence-corrected chi connectivity index (χ2v) is 6.00. The minimum absolute atomic E-state index is 0.655. The second-order valence-electron chi connectivity index (χ2n) is 6.00.